The third-order valence-corrected chi connectivity index (χ3v) is 5.50. The molecule has 4 nitrogen and oxygen atoms in total. The predicted octanol–water partition coefficient (Wildman–Crippen LogP) is 2.71. The van der Waals surface area contributed by atoms with E-state index in [1.165, 1.54) is 10.4 Å². The minimum Gasteiger partial charge on any atom is -0.312 e. The average molecular weight is 311 g/mol. The summed E-state index contributed by atoms with van der Waals surface area (Å²) in [6, 6.07) is 10.1. The summed E-state index contributed by atoms with van der Waals surface area (Å²) < 4.78 is 1.76. The van der Waals surface area contributed by atoms with Gasteiger partial charge >= 0.3 is 0 Å². The molecule has 3 aromatic rings. The zero-order valence-electron chi connectivity index (χ0n) is 12.4. The topological polar surface area (TPSA) is 46.9 Å². The molecule has 0 bridgehead atoms. The minimum absolute atomic E-state index is 0.0112. The van der Waals surface area contributed by atoms with Crippen molar-refractivity contribution in [2.75, 3.05) is 6.54 Å². The molecule has 0 aliphatic carbocycles. The molecule has 0 radical (unpaired) electrons. The minimum atomic E-state index is -0.0112. The summed E-state index contributed by atoms with van der Waals surface area (Å²) in [6.07, 6.45) is 2.60. The number of benzene rings is 1. The molecular weight excluding hydrogens is 294 g/mol. The normalized spacial score (nSPS) is 15.7. The number of nitrogens with zero attached hydrogens (tertiary/aromatic N) is 2. The molecule has 4 rings (SSSR count). The summed E-state index contributed by atoms with van der Waals surface area (Å²) in [6.45, 7) is 3.83. The van der Waals surface area contributed by atoms with E-state index in [-0.39, 0.29) is 11.6 Å². The van der Waals surface area contributed by atoms with Gasteiger partial charge in [0, 0.05) is 11.4 Å². The lowest BCUT2D eigenvalue weighted by molar-refractivity contribution is 0.608. The Bertz CT molecular complexity index is 882. The maximum Gasteiger partial charge on any atom is 0.262 e. The highest BCUT2D eigenvalue weighted by Crippen LogP contribution is 2.30. The van der Waals surface area contributed by atoms with Crippen molar-refractivity contribution in [3.8, 4) is 0 Å². The lowest BCUT2D eigenvalue weighted by atomic mass is 10.1. The van der Waals surface area contributed by atoms with Gasteiger partial charge < -0.3 is 5.32 Å². The molecule has 1 aromatic carbocycles. The van der Waals surface area contributed by atoms with Crippen molar-refractivity contribution in [2.24, 2.45) is 0 Å². The van der Waals surface area contributed by atoms with Crippen LogP contribution in [0.1, 0.15) is 29.0 Å². The summed E-state index contributed by atoms with van der Waals surface area (Å²) in [7, 11) is 0. The second-order valence-electron chi connectivity index (χ2n) is 5.65. The van der Waals surface area contributed by atoms with Crippen LogP contribution in [0.3, 0.4) is 0 Å². The number of thiophene rings is 1. The van der Waals surface area contributed by atoms with E-state index in [0.717, 1.165) is 35.3 Å². The first-order valence-corrected chi connectivity index (χ1v) is 8.34. The first-order chi connectivity index (χ1) is 10.8. The largest absolute Gasteiger partial charge is 0.312 e. The molecule has 1 aliphatic rings. The average Bonchev–Trinajstić information content (AvgIpc) is 2.95. The number of aromatic nitrogens is 2. The van der Waals surface area contributed by atoms with E-state index in [4.69, 9.17) is 0 Å². The van der Waals surface area contributed by atoms with Crippen LogP contribution >= 0.6 is 11.3 Å². The van der Waals surface area contributed by atoms with Crippen molar-refractivity contribution in [3.05, 3.63) is 63.0 Å². The van der Waals surface area contributed by atoms with Crippen LogP contribution < -0.4 is 10.9 Å². The van der Waals surface area contributed by atoms with Gasteiger partial charge in [-0.2, -0.15) is 0 Å². The third-order valence-electron chi connectivity index (χ3n) is 4.36. The predicted molar refractivity (Wildman–Crippen MR) is 89.5 cm³/mol. The summed E-state index contributed by atoms with van der Waals surface area (Å²) >= 11 is 1.64. The van der Waals surface area contributed by atoms with Crippen LogP contribution in [-0.4, -0.2) is 16.1 Å². The Balaban J connectivity index is 1.89. The van der Waals surface area contributed by atoms with E-state index < -0.39 is 0 Å². The van der Waals surface area contributed by atoms with Crippen molar-refractivity contribution in [2.45, 2.75) is 25.9 Å². The maximum absolute atomic E-state index is 13.0. The molecule has 2 aromatic heterocycles. The fourth-order valence-corrected chi connectivity index (χ4v) is 4.24. The molecule has 0 amide bonds. The van der Waals surface area contributed by atoms with Crippen molar-refractivity contribution < 1.29 is 0 Å². The molecule has 0 saturated carbocycles. The molecule has 112 valence electrons. The van der Waals surface area contributed by atoms with Crippen molar-refractivity contribution in [1.29, 1.82) is 0 Å². The lowest BCUT2D eigenvalue weighted by Crippen LogP contribution is -2.26. The molecule has 1 aliphatic heterocycles. The number of rotatable bonds is 2. The van der Waals surface area contributed by atoms with Crippen LogP contribution in [-0.2, 0) is 13.0 Å². The van der Waals surface area contributed by atoms with Gasteiger partial charge in [0.15, 0.2) is 0 Å². The lowest BCUT2D eigenvalue weighted by Gasteiger charge is -2.16. The van der Waals surface area contributed by atoms with Gasteiger partial charge in [-0.05, 0) is 31.0 Å². The second-order valence-corrected chi connectivity index (χ2v) is 6.74. The maximum atomic E-state index is 13.0. The molecule has 5 heteroatoms. The number of nitrogens with one attached hydrogen (secondary N) is 1. The van der Waals surface area contributed by atoms with Crippen molar-refractivity contribution in [1.82, 2.24) is 14.9 Å². The SMILES string of the molecule is CC(c1ccccc1)n1cnc2sc3c(c2c1=O)CCNC3. The number of hydrogen-bond acceptors (Lipinski definition) is 4. The van der Waals surface area contributed by atoms with Gasteiger partial charge in [-0.25, -0.2) is 4.98 Å². The van der Waals surface area contributed by atoms with Crippen LogP contribution in [0, 0.1) is 0 Å². The number of fused-ring (bicyclic) bond motifs is 3. The Kier molecular flexibility index (Phi) is 3.32. The molecule has 1 atom stereocenters. The monoisotopic (exact) mass is 311 g/mol. The Morgan fingerprint density at radius 1 is 1.32 bits per heavy atom. The van der Waals surface area contributed by atoms with Gasteiger partial charge in [-0.15, -0.1) is 11.3 Å². The highest BCUT2D eigenvalue weighted by molar-refractivity contribution is 7.18. The van der Waals surface area contributed by atoms with E-state index in [1.54, 1.807) is 22.2 Å². The Labute approximate surface area is 132 Å². The molecular formula is C17H17N3OS. The van der Waals surface area contributed by atoms with Gasteiger partial charge in [0.2, 0.25) is 0 Å². The van der Waals surface area contributed by atoms with Gasteiger partial charge in [0.1, 0.15) is 4.83 Å². The highest BCUT2D eigenvalue weighted by atomic mass is 32.1. The van der Waals surface area contributed by atoms with Gasteiger partial charge in [-0.1, -0.05) is 30.3 Å². The van der Waals surface area contributed by atoms with Gasteiger partial charge in [0.25, 0.3) is 5.56 Å². The van der Waals surface area contributed by atoms with E-state index >= 15 is 0 Å². The van der Waals surface area contributed by atoms with E-state index in [0.29, 0.717) is 0 Å². The van der Waals surface area contributed by atoms with Crippen molar-refractivity contribution >= 4 is 21.6 Å². The molecule has 0 fully saturated rings. The van der Waals surface area contributed by atoms with Gasteiger partial charge in [-0.3, -0.25) is 9.36 Å². The summed E-state index contributed by atoms with van der Waals surface area (Å²) in [4.78, 5) is 19.7. The standard InChI is InChI=1S/C17H17N3OS/c1-11(12-5-3-2-4-6-12)20-10-19-16-15(17(20)21)13-7-8-18-9-14(13)22-16/h2-6,10-11,18H,7-9H2,1H3. The fourth-order valence-electron chi connectivity index (χ4n) is 3.10. The first-order valence-electron chi connectivity index (χ1n) is 7.53. The highest BCUT2D eigenvalue weighted by Gasteiger charge is 2.21. The first kappa shape index (κ1) is 13.7. The van der Waals surface area contributed by atoms with E-state index in [9.17, 15) is 4.79 Å². The summed E-state index contributed by atoms with van der Waals surface area (Å²) in [5, 5.41) is 4.18. The fraction of sp³-hybridized carbons (Fsp3) is 0.294. The molecule has 0 saturated heterocycles. The van der Waals surface area contributed by atoms with Gasteiger partial charge in [0.05, 0.1) is 17.8 Å². The summed E-state index contributed by atoms with van der Waals surface area (Å²) in [5.41, 5.74) is 2.41. The van der Waals surface area contributed by atoms with E-state index in [2.05, 4.69) is 10.3 Å². The molecule has 1 unspecified atom stereocenters. The van der Waals surface area contributed by atoms with Crippen LogP contribution in [0.5, 0.6) is 0 Å². The zero-order valence-corrected chi connectivity index (χ0v) is 13.2. The Morgan fingerprint density at radius 3 is 2.95 bits per heavy atom. The van der Waals surface area contributed by atoms with Crippen LogP contribution in [0.15, 0.2) is 41.5 Å². The Morgan fingerprint density at radius 2 is 2.14 bits per heavy atom. The van der Waals surface area contributed by atoms with Crippen LogP contribution in [0.2, 0.25) is 0 Å². The summed E-state index contributed by atoms with van der Waals surface area (Å²) in [5.74, 6) is 0. The van der Waals surface area contributed by atoms with Crippen LogP contribution in [0.25, 0.3) is 10.2 Å². The molecule has 0 spiro atoms. The second kappa shape index (κ2) is 5.34. The van der Waals surface area contributed by atoms with Crippen LogP contribution in [0.4, 0.5) is 0 Å². The quantitative estimate of drug-likeness (QED) is 0.791. The number of hydrogen-bond donors (Lipinski definition) is 1. The third kappa shape index (κ3) is 2.09. The molecule has 1 N–H and O–H groups in total. The molecule has 3 heterocycles. The van der Waals surface area contributed by atoms with Crippen molar-refractivity contribution in [3.63, 3.8) is 0 Å². The smallest absolute Gasteiger partial charge is 0.262 e. The molecule has 22 heavy (non-hydrogen) atoms. The Hall–Kier alpha value is -1.98. The zero-order chi connectivity index (χ0) is 15.1. The van der Waals surface area contributed by atoms with E-state index in [1.807, 2.05) is 37.3 Å².